The van der Waals surface area contributed by atoms with E-state index in [1.807, 2.05) is 0 Å². The summed E-state index contributed by atoms with van der Waals surface area (Å²) in [5.41, 5.74) is 12.1. The zero-order valence-electron chi connectivity index (χ0n) is 9.12. The van der Waals surface area contributed by atoms with Crippen molar-refractivity contribution in [2.24, 2.45) is 0 Å². The van der Waals surface area contributed by atoms with E-state index in [9.17, 15) is 4.39 Å². The molecular formula is C11H9Cl2FN4. The number of benzene rings is 1. The van der Waals surface area contributed by atoms with Gasteiger partial charge in [-0.15, -0.1) is 0 Å². The van der Waals surface area contributed by atoms with Gasteiger partial charge in [0.15, 0.2) is 0 Å². The monoisotopic (exact) mass is 286 g/mol. The largest absolute Gasteiger partial charge is 0.383 e. The van der Waals surface area contributed by atoms with Gasteiger partial charge in [-0.3, -0.25) is 0 Å². The fourth-order valence-corrected chi connectivity index (χ4v) is 2.05. The summed E-state index contributed by atoms with van der Waals surface area (Å²) < 4.78 is 13.0. The highest BCUT2D eigenvalue weighted by Crippen LogP contribution is 2.33. The summed E-state index contributed by atoms with van der Waals surface area (Å²) in [6.07, 6.45) is 0. The van der Waals surface area contributed by atoms with Crippen LogP contribution in [0.2, 0.25) is 10.0 Å². The van der Waals surface area contributed by atoms with E-state index < -0.39 is 6.67 Å². The molecule has 4 nitrogen and oxygen atoms in total. The first kappa shape index (κ1) is 12.9. The molecule has 2 aromatic rings. The number of aromatic nitrogens is 2. The van der Waals surface area contributed by atoms with Gasteiger partial charge in [0.25, 0.3) is 0 Å². The molecule has 4 N–H and O–H groups in total. The van der Waals surface area contributed by atoms with Crippen molar-refractivity contribution in [1.82, 2.24) is 9.97 Å². The van der Waals surface area contributed by atoms with Crippen LogP contribution in [-0.4, -0.2) is 9.97 Å². The summed E-state index contributed by atoms with van der Waals surface area (Å²) in [6, 6.07) is 4.79. The van der Waals surface area contributed by atoms with Crippen LogP contribution in [0.5, 0.6) is 0 Å². The van der Waals surface area contributed by atoms with E-state index in [4.69, 9.17) is 34.7 Å². The van der Waals surface area contributed by atoms with E-state index >= 15 is 0 Å². The van der Waals surface area contributed by atoms with Crippen molar-refractivity contribution < 1.29 is 4.39 Å². The molecule has 7 heteroatoms. The molecule has 0 fully saturated rings. The van der Waals surface area contributed by atoms with Gasteiger partial charge in [0.05, 0.1) is 16.3 Å². The normalized spacial score (nSPS) is 10.6. The van der Waals surface area contributed by atoms with Gasteiger partial charge >= 0.3 is 0 Å². The number of hydrogen-bond acceptors (Lipinski definition) is 4. The summed E-state index contributed by atoms with van der Waals surface area (Å²) in [5, 5.41) is 0.815. The number of rotatable bonds is 2. The number of nitrogens with two attached hydrogens (primary N) is 2. The second kappa shape index (κ2) is 4.96. The predicted octanol–water partition coefficient (Wildman–Crippen LogP) is 3.08. The Hall–Kier alpha value is -1.59. The minimum absolute atomic E-state index is 0.00557. The lowest BCUT2D eigenvalue weighted by Crippen LogP contribution is -2.06. The fourth-order valence-electron chi connectivity index (χ4n) is 1.56. The maximum absolute atomic E-state index is 13.0. The van der Waals surface area contributed by atoms with Crippen LogP contribution in [-0.2, 0) is 6.67 Å². The van der Waals surface area contributed by atoms with Crippen molar-refractivity contribution in [3.63, 3.8) is 0 Å². The molecule has 0 atom stereocenters. The number of nitrogen functional groups attached to an aromatic ring is 2. The Morgan fingerprint density at radius 2 is 1.89 bits per heavy atom. The average Bonchev–Trinajstić information content (AvgIpc) is 2.28. The standard InChI is InChI=1S/C11H9Cl2FN4/c12-5-1-2-6(8(13)3-5)9-7(4-14)10(15)18-11(16)17-9/h1-3H,4H2,(H4,15,16,17,18). The lowest BCUT2D eigenvalue weighted by atomic mass is 10.1. The molecule has 0 aliphatic heterocycles. The molecule has 0 radical (unpaired) electrons. The molecule has 0 saturated carbocycles. The molecule has 0 spiro atoms. The third-order valence-electron chi connectivity index (χ3n) is 2.38. The van der Waals surface area contributed by atoms with Crippen LogP contribution in [0.1, 0.15) is 5.56 Å². The van der Waals surface area contributed by atoms with E-state index in [0.29, 0.717) is 15.6 Å². The SMILES string of the molecule is Nc1nc(N)c(CF)c(-c2ccc(Cl)cc2Cl)n1. The molecular weight excluding hydrogens is 278 g/mol. The second-order valence-electron chi connectivity index (χ2n) is 3.55. The van der Waals surface area contributed by atoms with E-state index in [2.05, 4.69) is 9.97 Å². The highest BCUT2D eigenvalue weighted by atomic mass is 35.5. The van der Waals surface area contributed by atoms with Crippen molar-refractivity contribution >= 4 is 35.0 Å². The van der Waals surface area contributed by atoms with E-state index in [1.165, 1.54) is 6.07 Å². The molecule has 0 saturated heterocycles. The topological polar surface area (TPSA) is 77.8 Å². The van der Waals surface area contributed by atoms with Crippen LogP contribution in [0.4, 0.5) is 16.2 Å². The molecule has 0 bridgehead atoms. The third kappa shape index (κ3) is 2.32. The Labute approximate surface area is 113 Å². The molecule has 1 aromatic heterocycles. The summed E-state index contributed by atoms with van der Waals surface area (Å²) in [4.78, 5) is 7.70. The van der Waals surface area contributed by atoms with Crippen molar-refractivity contribution in [2.45, 2.75) is 6.67 Å². The third-order valence-corrected chi connectivity index (χ3v) is 2.92. The average molecular weight is 287 g/mol. The molecule has 0 aliphatic carbocycles. The van der Waals surface area contributed by atoms with Crippen LogP contribution in [0.15, 0.2) is 18.2 Å². The van der Waals surface area contributed by atoms with Crippen molar-refractivity contribution in [3.05, 3.63) is 33.8 Å². The number of anilines is 2. The predicted molar refractivity (Wildman–Crippen MR) is 71.1 cm³/mol. The molecule has 1 heterocycles. The minimum atomic E-state index is -0.805. The zero-order valence-corrected chi connectivity index (χ0v) is 10.6. The molecule has 1 aromatic carbocycles. The van der Waals surface area contributed by atoms with Crippen molar-refractivity contribution in [2.75, 3.05) is 11.5 Å². The van der Waals surface area contributed by atoms with Gasteiger partial charge < -0.3 is 11.5 Å². The van der Waals surface area contributed by atoms with E-state index in [1.54, 1.807) is 12.1 Å². The number of nitrogens with zero attached hydrogens (tertiary/aromatic N) is 2. The maximum atomic E-state index is 13.0. The molecule has 0 aliphatic rings. The fraction of sp³-hybridized carbons (Fsp3) is 0.0909. The first-order valence-corrected chi connectivity index (χ1v) is 5.71. The summed E-state index contributed by atoms with van der Waals surface area (Å²) in [6.45, 7) is -0.805. The highest BCUT2D eigenvalue weighted by molar-refractivity contribution is 6.36. The van der Waals surface area contributed by atoms with Gasteiger partial charge in [0, 0.05) is 10.6 Å². The molecule has 0 amide bonds. The lowest BCUT2D eigenvalue weighted by Gasteiger charge is -2.10. The first-order chi connectivity index (χ1) is 8.52. The summed E-state index contributed by atoms with van der Waals surface area (Å²) in [5.74, 6) is -0.0308. The maximum Gasteiger partial charge on any atom is 0.222 e. The summed E-state index contributed by atoms with van der Waals surface area (Å²) in [7, 11) is 0. The van der Waals surface area contributed by atoms with Gasteiger partial charge in [-0.1, -0.05) is 23.2 Å². The number of halogens is 3. The van der Waals surface area contributed by atoms with Crippen LogP contribution in [0.3, 0.4) is 0 Å². The number of alkyl halides is 1. The van der Waals surface area contributed by atoms with Crippen LogP contribution in [0, 0.1) is 0 Å². The molecule has 2 rings (SSSR count). The van der Waals surface area contributed by atoms with E-state index in [0.717, 1.165) is 0 Å². The van der Waals surface area contributed by atoms with Crippen LogP contribution in [0.25, 0.3) is 11.3 Å². The van der Waals surface area contributed by atoms with E-state index in [-0.39, 0.29) is 23.0 Å². The Morgan fingerprint density at radius 1 is 1.17 bits per heavy atom. The number of hydrogen-bond donors (Lipinski definition) is 2. The van der Waals surface area contributed by atoms with Gasteiger partial charge in [0.2, 0.25) is 5.95 Å². The Bertz CT molecular complexity index is 604. The lowest BCUT2D eigenvalue weighted by molar-refractivity contribution is 0.485. The van der Waals surface area contributed by atoms with Crippen molar-refractivity contribution in [3.8, 4) is 11.3 Å². The Kier molecular flexibility index (Phi) is 3.54. The second-order valence-corrected chi connectivity index (χ2v) is 4.40. The first-order valence-electron chi connectivity index (χ1n) is 4.96. The molecule has 0 unspecified atom stereocenters. The highest BCUT2D eigenvalue weighted by Gasteiger charge is 2.15. The van der Waals surface area contributed by atoms with Crippen LogP contribution < -0.4 is 11.5 Å². The minimum Gasteiger partial charge on any atom is -0.383 e. The summed E-state index contributed by atoms with van der Waals surface area (Å²) >= 11 is 11.8. The van der Waals surface area contributed by atoms with Gasteiger partial charge in [-0.2, -0.15) is 4.98 Å². The molecule has 18 heavy (non-hydrogen) atoms. The van der Waals surface area contributed by atoms with Gasteiger partial charge in [0.1, 0.15) is 12.5 Å². The van der Waals surface area contributed by atoms with Crippen LogP contribution >= 0.6 is 23.2 Å². The Balaban J connectivity index is 2.69. The van der Waals surface area contributed by atoms with Gasteiger partial charge in [-0.05, 0) is 18.2 Å². The molecule has 94 valence electrons. The quantitative estimate of drug-likeness (QED) is 0.889. The van der Waals surface area contributed by atoms with Gasteiger partial charge in [-0.25, -0.2) is 9.37 Å². The smallest absolute Gasteiger partial charge is 0.222 e. The zero-order chi connectivity index (χ0) is 13.3. The Morgan fingerprint density at radius 3 is 2.50 bits per heavy atom. The van der Waals surface area contributed by atoms with Crippen molar-refractivity contribution in [1.29, 1.82) is 0 Å².